The molecule has 1 saturated carbocycles. The predicted molar refractivity (Wildman–Crippen MR) is 247 cm³/mol. The Labute approximate surface area is 376 Å². The van der Waals surface area contributed by atoms with Crippen LogP contribution in [0.5, 0.6) is 34.5 Å². The zero-order valence-electron chi connectivity index (χ0n) is 36.6. The average molecular weight is 873 g/mol. The van der Waals surface area contributed by atoms with Crippen LogP contribution in [0.25, 0.3) is 24.3 Å². The van der Waals surface area contributed by atoms with Crippen LogP contribution in [0.2, 0.25) is 0 Å². The van der Waals surface area contributed by atoms with Crippen molar-refractivity contribution in [1.82, 2.24) is 0 Å². The number of allylic oxidation sites excluding steroid dienone is 2. The number of methoxy groups -OCH3 is 5. The maximum atomic E-state index is 14.8. The minimum atomic E-state index is -0.875. The lowest BCUT2D eigenvalue weighted by molar-refractivity contribution is -0.126. The maximum Gasteiger partial charge on any atom is 0.238 e. The van der Waals surface area contributed by atoms with Crippen LogP contribution in [-0.4, -0.2) is 64.3 Å². The number of benzene rings is 5. The quantitative estimate of drug-likeness (QED) is 0.0735. The summed E-state index contributed by atoms with van der Waals surface area (Å²) in [5.41, 5.74) is 5.35. The van der Waals surface area contributed by atoms with Crippen LogP contribution in [-0.2, 0) is 19.2 Å². The summed E-state index contributed by atoms with van der Waals surface area (Å²) in [6.45, 7) is 0. The van der Waals surface area contributed by atoms with Gasteiger partial charge in [0.2, 0.25) is 23.6 Å². The highest BCUT2D eigenvalue weighted by Crippen LogP contribution is 2.59. The Hall–Kier alpha value is -7.60. The molecule has 0 radical (unpaired) electrons. The molecule has 1 N–H and O–H groups in total. The molecule has 0 unspecified atom stereocenters. The molecule has 330 valence electrons. The molecule has 2 heterocycles. The van der Waals surface area contributed by atoms with E-state index < -0.39 is 41.4 Å². The van der Waals surface area contributed by atoms with Gasteiger partial charge in [-0.2, -0.15) is 0 Å². The number of hydrogen-bond donors (Lipinski definition) is 1. The largest absolute Gasteiger partial charge is 0.508 e. The minimum absolute atomic E-state index is 0.0600. The van der Waals surface area contributed by atoms with Crippen LogP contribution >= 0.6 is 0 Å². The van der Waals surface area contributed by atoms with Gasteiger partial charge in [0, 0.05) is 22.6 Å². The number of amides is 4. The molecule has 2 saturated heterocycles. The normalized spacial score (nSPS) is 22.5. The number of imide groups is 2. The van der Waals surface area contributed by atoms with Gasteiger partial charge in [-0.3, -0.25) is 29.0 Å². The summed E-state index contributed by atoms with van der Waals surface area (Å²) in [5, 5.41) is 11.4. The summed E-state index contributed by atoms with van der Waals surface area (Å²) in [5.74, 6) is -2.75. The lowest BCUT2D eigenvalue weighted by Crippen LogP contribution is -2.43. The Bertz CT molecular complexity index is 2790. The number of anilines is 2. The fourth-order valence-corrected chi connectivity index (χ4v) is 10.1. The third-order valence-corrected chi connectivity index (χ3v) is 13.3. The number of aromatic hydroxyl groups is 1. The van der Waals surface area contributed by atoms with Crippen molar-refractivity contribution in [2.24, 2.45) is 29.6 Å². The topological polar surface area (TPSA) is 141 Å². The smallest absolute Gasteiger partial charge is 0.238 e. The second-order valence-electron chi connectivity index (χ2n) is 16.5. The molecule has 0 bridgehead atoms. The fraction of sp³-hybridized carbons (Fsp3) is 0.245. The lowest BCUT2D eigenvalue weighted by atomic mass is 9.57. The Kier molecular flexibility index (Phi) is 11.5. The van der Waals surface area contributed by atoms with E-state index in [0.717, 1.165) is 27.8 Å². The average Bonchev–Trinajstić information content (AvgIpc) is 3.75. The van der Waals surface area contributed by atoms with Gasteiger partial charge in [-0.1, -0.05) is 60.2 Å². The van der Waals surface area contributed by atoms with E-state index in [0.29, 0.717) is 45.7 Å². The molecule has 0 spiro atoms. The zero-order valence-corrected chi connectivity index (χ0v) is 36.6. The van der Waals surface area contributed by atoms with E-state index in [1.165, 1.54) is 23.0 Å². The van der Waals surface area contributed by atoms with Crippen molar-refractivity contribution >= 4 is 59.3 Å². The zero-order chi connectivity index (χ0) is 45.5. The number of ether oxygens (including phenoxy) is 5. The van der Waals surface area contributed by atoms with Crippen molar-refractivity contribution in [2.75, 3.05) is 45.3 Å². The standard InChI is InChI=1S/C53H48N2O10/c1-61-36-19-24-45(64-4)32(26-36)12-6-30-8-14-34(15-9-30)54-50(57)40-22-21-39-41(48(40)52(54)59)29-43-49(47(39)42-28-38(63-3)18-23-44(42)56)53(60)55(51(43)58)35-16-10-31(11-17-35)7-13-33-27-37(62-2)20-25-46(33)65-5/h6-21,23-28,40-41,43,47-49,56H,22,29H2,1-5H3/t40-,41+,43+,47+,48-,49+/m0/s1. The van der Waals surface area contributed by atoms with E-state index in [4.69, 9.17) is 23.7 Å². The molecule has 3 fully saturated rings. The molecule has 12 heteroatoms. The van der Waals surface area contributed by atoms with Gasteiger partial charge in [-0.05, 0) is 109 Å². The van der Waals surface area contributed by atoms with Gasteiger partial charge in [0.15, 0.2) is 0 Å². The Balaban J connectivity index is 1.01. The molecule has 0 aromatic heterocycles. The van der Waals surface area contributed by atoms with Gasteiger partial charge in [-0.15, -0.1) is 0 Å². The first-order chi connectivity index (χ1) is 31.6. The van der Waals surface area contributed by atoms with Crippen molar-refractivity contribution in [1.29, 1.82) is 0 Å². The molecule has 9 rings (SSSR count). The number of carbonyl (C=O) groups excluding carboxylic acids is 4. The number of nitrogens with zero attached hydrogens (tertiary/aromatic N) is 2. The van der Waals surface area contributed by atoms with Crippen LogP contribution < -0.4 is 33.5 Å². The fourth-order valence-electron chi connectivity index (χ4n) is 10.1. The first-order valence-electron chi connectivity index (χ1n) is 21.4. The highest BCUT2D eigenvalue weighted by molar-refractivity contribution is 6.24. The Morgan fingerprint density at radius 3 is 1.49 bits per heavy atom. The summed E-state index contributed by atoms with van der Waals surface area (Å²) >= 11 is 0. The molecule has 5 aromatic rings. The van der Waals surface area contributed by atoms with E-state index in [1.807, 2.05) is 91.0 Å². The van der Waals surface area contributed by atoms with Crippen LogP contribution in [0.15, 0.2) is 115 Å². The SMILES string of the molecule is COc1ccc(OC)c(C=Cc2ccc(N3C(=O)[C@H]4[C@H](CC=C5[C@H]4C[C@H]4C(=O)N(c6ccc(C=Cc7cc(OC)ccc7OC)cc6)C(=O)[C@H]4[C@H]5c4cc(OC)ccc4O)C3=O)cc2)c1. The Morgan fingerprint density at radius 1 is 0.508 bits per heavy atom. The molecule has 6 atom stereocenters. The third kappa shape index (κ3) is 7.58. The number of phenols is 1. The molecule has 2 aliphatic carbocycles. The number of carbonyl (C=O) groups is 4. The lowest BCUT2D eigenvalue weighted by Gasteiger charge is -2.44. The van der Waals surface area contributed by atoms with Gasteiger partial charge >= 0.3 is 0 Å². The summed E-state index contributed by atoms with van der Waals surface area (Å²) in [6.07, 6.45) is 10.0. The molecule has 5 aromatic carbocycles. The van der Waals surface area contributed by atoms with Gasteiger partial charge in [0.1, 0.15) is 34.5 Å². The number of hydrogen-bond acceptors (Lipinski definition) is 10. The maximum absolute atomic E-state index is 14.8. The van der Waals surface area contributed by atoms with Gasteiger partial charge in [0.25, 0.3) is 0 Å². The number of phenolic OH excluding ortho intramolecular Hbond substituents is 1. The Morgan fingerprint density at radius 2 is 0.985 bits per heavy atom. The van der Waals surface area contributed by atoms with Crippen LogP contribution in [0.3, 0.4) is 0 Å². The van der Waals surface area contributed by atoms with Crippen molar-refractivity contribution in [2.45, 2.75) is 18.8 Å². The van der Waals surface area contributed by atoms with E-state index in [2.05, 4.69) is 0 Å². The van der Waals surface area contributed by atoms with Crippen LogP contribution in [0, 0.1) is 29.6 Å². The summed E-state index contributed by atoms with van der Waals surface area (Å²) < 4.78 is 27.4. The molecular weight excluding hydrogens is 825 g/mol. The van der Waals surface area contributed by atoms with Crippen LogP contribution in [0.4, 0.5) is 11.4 Å². The second kappa shape index (κ2) is 17.5. The summed E-state index contributed by atoms with van der Waals surface area (Å²) in [6, 6.07) is 30.2. The summed E-state index contributed by atoms with van der Waals surface area (Å²) in [4.78, 5) is 60.9. The van der Waals surface area contributed by atoms with Gasteiger partial charge in [0.05, 0.1) is 70.6 Å². The molecule has 2 aliphatic heterocycles. The highest BCUT2D eigenvalue weighted by Gasteiger charge is 2.62. The molecule has 4 aliphatic rings. The van der Waals surface area contributed by atoms with E-state index in [1.54, 1.807) is 64.8 Å². The van der Waals surface area contributed by atoms with E-state index in [9.17, 15) is 24.3 Å². The minimum Gasteiger partial charge on any atom is -0.508 e. The first-order valence-corrected chi connectivity index (χ1v) is 21.4. The van der Waals surface area contributed by atoms with E-state index in [-0.39, 0.29) is 36.3 Å². The van der Waals surface area contributed by atoms with Crippen molar-refractivity contribution < 1.29 is 48.0 Å². The van der Waals surface area contributed by atoms with E-state index >= 15 is 0 Å². The van der Waals surface area contributed by atoms with Gasteiger partial charge in [-0.25, -0.2) is 0 Å². The predicted octanol–water partition coefficient (Wildman–Crippen LogP) is 8.82. The van der Waals surface area contributed by atoms with Crippen molar-refractivity contribution in [3.05, 3.63) is 143 Å². The van der Waals surface area contributed by atoms with Crippen molar-refractivity contribution in [3.8, 4) is 34.5 Å². The molecule has 65 heavy (non-hydrogen) atoms. The molecular formula is C53H48N2O10. The second-order valence-corrected chi connectivity index (χ2v) is 16.5. The van der Waals surface area contributed by atoms with Crippen molar-refractivity contribution in [3.63, 3.8) is 0 Å². The number of fused-ring (bicyclic) bond motifs is 4. The highest BCUT2D eigenvalue weighted by atomic mass is 16.5. The van der Waals surface area contributed by atoms with Gasteiger partial charge < -0.3 is 28.8 Å². The third-order valence-electron chi connectivity index (χ3n) is 13.3. The monoisotopic (exact) mass is 872 g/mol. The first kappa shape index (κ1) is 42.7. The number of rotatable bonds is 12. The molecule has 12 nitrogen and oxygen atoms in total. The summed E-state index contributed by atoms with van der Waals surface area (Å²) in [7, 11) is 7.92. The van der Waals surface area contributed by atoms with Crippen LogP contribution in [0.1, 0.15) is 46.6 Å². The molecule has 4 amide bonds.